The third kappa shape index (κ3) is 6.93. The summed E-state index contributed by atoms with van der Waals surface area (Å²) in [5, 5.41) is 0. The molecule has 28 heavy (non-hydrogen) atoms. The predicted molar refractivity (Wildman–Crippen MR) is 113 cm³/mol. The van der Waals surface area contributed by atoms with Crippen LogP contribution in [0.15, 0.2) is 53.7 Å². The number of hydrogen-bond acceptors (Lipinski definition) is 5. The molecule has 150 valence electrons. The molecule has 1 aromatic heterocycles. The Balaban J connectivity index is 1.54. The number of amides is 1. The molecule has 0 N–H and O–H groups in total. The van der Waals surface area contributed by atoms with Crippen molar-refractivity contribution in [2.24, 2.45) is 0 Å². The van der Waals surface area contributed by atoms with Gasteiger partial charge in [-0.3, -0.25) is 14.7 Å². The highest BCUT2D eigenvalue weighted by Gasteiger charge is 2.16. The maximum atomic E-state index is 12.9. The lowest BCUT2D eigenvalue weighted by Gasteiger charge is -2.28. The molecule has 1 amide bonds. The van der Waals surface area contributed by atoms with Gasteiger partial charge in [-0.15, -0.1) is 11.8 Å². The smallest absolute Gasteiger partial charge is 0.233 e. The van der Waals surface area contributed by atoms with Crippen LogP contribution in [0.25, 0.3) is 0 Å². The molecule has 0 aliphatic carbocycles. The molecule has 0 bridgehead atoms. The maximum absolute atomic E-state index is 12.9. The number of thioether (sulfide) groups is 1. The minimum Gasteiger partial charge on any atom is -0.379 e. The Bertz CT molecular complexity index is 718. The van der Waals surface area contributed by atoms with Gasteiger partial charge >= 0.3 is 0 Å². The van der Waals surface area contributed by atoms with Crippen molar-refractivity contribution in [3.63, 3.8) is 0 Å². The van der Waals surface area contributed by atoms with Crippen LogP contribution in [0.2, 0.25) is 0 Å². The molecular formula is C22H29N3O2S. The molecular weight excluding hydrogens is 370 g/mol. The van der Waals surface area contributed by atoms with Gasteiger partial charge in [0, 0.05) is 50.0 Å². The molecule has 0 saturated carbocycles. The highest BCUT2D eigenvalue weighted by molar-refractivity contribution is 8.00. The summed E-state index contributed by atoms with van der Waals surface area (Å²) in [6.07, 6.45) is 4.55. The minimum absolute atomic E-state index is 0.185. The second kappa shape index (κ2) is 11.2. The van der Waals surface area contributed by atoms with Crippen LogP contribution in [0.1, 0.15) is 17.5 Å². The number of aromatic nitrogens is 1. The van der Waals surface area contributed by atoms with Gasteiger partial charge in [-0.05, 0) is 43.2 Å². The summed E-state index contributed by atoms with van der Waals surface area (Å²) in [5.74, 6) is 0.649. The van der Waals surface area contributed by atoms with Crippen LogP contribution in [0.4, 0.5) is 0 Å². The zero-order valence-corrected chi connectivity index (χ0v) is 17.4. The van der Waals surface area contributed by atoms with E-state index in [1.165, 1.54) is 5.56 Å². The van der Waals surface area contributed by atoms with Crippen LogP contribution in [0, 0.1) is 6.92 Å². The van der Waals surface area contributed by atoms with E-state index in [2.05, 4.69) is 41.1 Å². The zero-order chi connectivity index (χ0) is 19.6. The molecule has 3 rings (SSSR count). The number of morpholine rings is 1. The van der Waals surface area contributed by atoms with Gasteiger partial charge in [0.05, 0.1) is 19.0 Å². The SMILES string of the molecule is Cc1ccc(SCC(=O)N(CCCN2CCOCC2)Cc2ccncc2)cc1. The Labute approximate surface area is 172 Å². The standard InChI is InChI=1S/C22H29N3O2S/c1-19-3-5-21(6-4-19)28-18-22(26)25(17-20-7-9-23-10-8-20)12-2-11-24-13-15-27-16-14-24/h3-10H,2,11-18H2,1H3. The fraction of sp³-hybridized carbons (Fsp3) is 0.455. The van der Waals surface area contributed by atoms with Gasteiger partial charge in [0.1, 0.15) is 0 Å². The second-order valence-corrected chi connectivity index (χ2v) is 8.13. The molecule has 1 aromatic carbocycles. The van der Waals surface area contributed by atoms with Gasteiger partial charge in [-0.25, -0.2) is 0 Å². The number of carbonyl (C=O) groups is 1. The Morgan fingerprint density at radius 1 is 1.14 bits per heavy atom. The third-order valence-electron chi connectivity index (χ3n) is 4.86. The monoisotopic (exact) mass is 399 g/mol. The van der Waals surface area contributed by atoms with Crippen molar-refractivity contribution in [1.82, 2.24) is 14.8 Å². The zero-order valence-electron chi connectivity index (χ0n) is 16.5. The van der Waals surface area contributed by atoms with Crippen LogP contribution in [0.3, 0.4) is 0 Å². The number of ether oxygens (including phenoxy) is 1. The predicted octanol–water partition coefficient (Wildman–Crippen LogP) is 3.23. The van der Waals surface area contributed by atoms with Crippen molar-refractivity contribution >= 4 is 17.7 Å². The molecule has 1 saturated heterocycles. The lowest BCUT2D eigenvalue weighted by atomic mass is 10.2. The number of aryl methyl sites for hydroxylation is 1. The highest BCUT2D eigenvalue weighted by atomic mass is 32.2. The van der Waals surface area contributed by atoms with Gasteiger partial charge in [0.15, 0.2) is 0 Å². The molecule has 2 heterocycles. The van der Waals surface area contributed by atoms with Crippen molar-refractivity contribution in [3.05, 3.63) is 59.9 Å². The van der Waals surface area contributed by atoms with Gasteiger partial charge in [0.25, 0.3) is 0 Å². The molecule has 0 unspecified atom stereocenters. The van der Waals surface area contributed by atoms with Gasteiger partial charge < -0.3 is 9.64 Å². The van der Waals surface area contributed by atoms with Crippen molar-refractivity contribution in [1.29, 1.82) is 0 Å². The summed E-state index contributed by atoms with van der Waals surface area (Å²) >= 11 is 1.61. The van der Waals surface area contributed by atoms with E-state index in [0.717, 1.165) is 56.3 Å². The first kappa shape index (κ1) is 20.8. The van der Waals surface area contributed by atoms with E-state index >= 15 is 0 Å². The lowest BCUT2D eigenvalue weighted by Crippen LogP contribution is -2.39. The summed E-state index contributed by atoms with van der Waals surface area (Å²) < 4.78 is 5.41. The Morgan fingerprint density at radius 2 is 1.86 bits per heavy atom. The highest BCUT2D eigenvalue weighted by Crippen LogP contribution is 2.19. The molecule has 2 aromatic rings. The maximum Gasteiger partial charge on any atom is 0.233 e. The molecule has 5 nitrogen and oxygen atoms in total. The summed E-state index contributed by atoms with van der Waals surface area (Å²) in [5.41, 5.74) is 2.35. The number of nitrogens with zero attached hydrogens (tertiary/aromatic N) is 3. The molecule has 0 radical (unpaired) electrons. The Morgan fingerprint density at radius 3 is 2.57 bits per heavy atom. The van der Waals surface area contributed by atoms with Crippen LogP contribution in [0.5, 0.6) is 0 Å². The van der Waals surface area contributed by atoms with Crippen molar-refractivity contribution in [2.75, 3.05) is 45.1 Å². The van der Waals surface area contributed by atoms with E-state index in [9.17, 15) is 4.79 Å². The van der Waals surface area contributed by atoms with Crippen LogP contribution < -0.4 is 0 Å². The number of rotatable bonds is 9. The van der Waals surface area contributed by atoms with Crippen molar-refractivity contribution < 1.29 is 9.53 Å². The van der Waals surface area contributed by atoms with Crippen LogP contribution in [-0.2, 0) is 16.1 Å². The first-order chi connectivity index (χ1) is 13.7. The van der Waals surface area contributed by atoms with Gasteiger partial charge in [-0.2, -0.15) is 0 Å². The first-order valence-electron chi connectivity index (χ1n) is 9.87. The lowest BCUT2D eigenvalue weighted by molar-refractivity contribution is -0.129. The van der Waals surface area contributed by atoms with E-state index in [-0.39, 0.29) is 5.91 Å². The van der Waals surface area contributed by atoms with E-state index in [0.29, 0.717) is 12.3 Å². The number of carbonyl (C=O) groups excluding carboxylic acids is 1. The molecule has 1 aliphatic heterocycles. The van der Waals surface area contributed by atoms with Crippen molar-refractivity contribution in [2.45, 2.75) is 24.8 Å². The molecule has 0 spiro atoms. The summed E-state index contributed by atoms with van der Waals surface area (Å²) in [6, 6.07) is 12.3. The first-order valence-corrected chi connectivity index (χ1v) is 10.9. The van der Waals surface area contributed by atoms with Crippen LogP contribution >= 0.6 is 11.8 Å². The largest absolute Gasteiger partial charge is 0.379 e. The van der Waals surface area contributed by atoms with E-state index in [4.69, 9.17) is 4.74 Å². The summed E-state index contributed by atoms with van der Waals surface area (Å²) in [7, 11) is 0. The number of pyridine rings is 1. The summed E-state index contributed by atoms with van der Waals surface area (Å²) in [4.78, 5) is 22.5. The Hall–Kier alpha value is -1.89. The fourth-order valence-corrected chi connectivity index (χ4v) is 3.98. The number of hydrogen-bond donors (Lipinski definition) is 0. The third-order valence-corrected chi connectivity index (χ3v) is 5.86. The van der Waals surface area contributed by atoms with E-state index in [1.807, 2.05) is 17.0 Å². The molecule has 1 fully saturated rings. The van der Waals surface area contributed by atoms with Crippen molar-refractivity contribution in [3.8, 4) is 0 Å². The quantitative estimate of drug-likeness (QED) is 0.606. The summed E-state index contributed by atoms with van der Waals surface area (Å²) in [6.45, 7) is 8.09. The van der Waals surface area contributed by atoms with Gasteiger partial charge in [0.2, 0.25) is 5.91 Å². The average Bonchev–Trinajstić information content (AvgIpc) is 2.74. The second-order valence-electron chi connectivity index (χ2n) is 7.08. The average molecular weight is 400 g/mol. The van der Waals surface area contributed by atoms with Crippen LogP contribution in [-0.4, -0.2) is 65.8 Å². The van der Waals surface area contributed by atoms with E-state index < -0.39 is 0 Å². The Kier molecular flexibility index (Phi) is 8.33. The number of benzene rings is 1. The normalized spacial score (nSPS) is 14.8. The van der Waals surface area contributed by atoms with E-state index in [1.54, 1.807) is 24.2 Å². The minimum atomic E-state index is 0.185. The topological polar surface area (TPSA) is 45.7 Å². The molecule has 6 heteroatoms. The molecule has 1 aliphatic rings. The fourth-order valence-electron chi connectivity index (χ4n) is 3.18. The van der Waals surface area contributed by atoms with Gasteiger partial charge in [-0.1, -0.05) is 17.7 Å². The molecule has 0 atom stereocenters.